The SMILES string of the molecule is CCC(COc1ccccc1P=O)C(=O)c1c(C)cc(C)cc1C. The molecule has 0 spiro atoms. The van der Waals surface area contributed by atoms with Crippen LogP contribution in [0.1, 0.15) is 40.4 Å². The van der Waals surface area contributed by atoms with Gasteiger partial charge in [-0.1, -0.05) is 36.8 Å². The molecule has 2 aromatic rings. The predicted molar refractivity (Wildman–Crippen MR) is 97.9 cm³/mol. The van der Waals surface area contributed by atoms with Crippen LogP contribution in [0.5, 0.6) is 5.75 Å². The van der Waals surface area contributed by atoms with E-state index in [1.165, 1.54) is 0 Å². The summed E-state index contributed by atoms with van der Waals surface area (Å²) in [7, 11) is -0.0795. The normalized spacial score (nSPS) is 12.2. The molecule has 2 aromatic carbocycles. The summed E-state index contributed by atoms with van der Waals surface area (Å²) in [4.78, 5) is 13.0. The topological polar surface area (TPSA) is 43.4 Å². The Morgan fingerprint density at radius 3 is 2.33 bits per heavy atom. The number of hydrogen-bond acceptors (Lipinski definition) is 3. The number of Topliss-reactive ketones (excluding diaryl/α,β-unsaturated/α-hetero) is 1. The Hall–Kier alpha value is -1.99. The van der Waals surface area contributed by atoms with Crippen LogP contribution in [-0.4, -0.2) is 12.4 Å². The molecular weight excluding hydrogens is 319 g/mol. The van der Waals surface area contributed by atoms with Gasteiger partial charge in [-0.3, -0.25) is 9.36 Å². The van der Waals surface area contributed by atoms with Crippen LogP contribution in [-0.2, 0) is 4.57 Å². The lowest BCUT2D eigenvalue weighted by Crippen LogP contribution is -2.24. The highest BCUT2D eigenvalue weighted by molar-refractivity contribution is 7.34. The first-order valence-electron chi connectivity index (χ1n) is 8.15. The minimum Gasteiger partial charge on any atom is -0.492 e. The van der Waals surface area contributed by atoms with Gasteiger partial charge >= 0.3 is 0 Å². The van der Waals surface area contributed by atoms with E-state index < -0.39 is 0 Å². The number of ketones is 1. The van der Waals surface area contributed by atoms with Crippen LogP contribution in [0.15, 0.2) is 36.4 Å². The number of para-hydroxylation sites is 1. The molecule has 0 aliphatic rings. The van der Waals surface area contributed by atoms with E-state index in [1.807, 2.05) is 52.0 Å². The van der Waals surface area contributed by atoms with Crippen LogP contribution in [0.25, 0.3) is 0 Å². The molecule has 2 rings (SSSR count). The molecule has 4 heteroatoms. The van der Waals surface area contributed by atoms with E-state index in [2.05, 4.69) is 0 Å². The Morgan fingerprint density at radius 2 is 1.75 bits per heavy atom. The number of carbonyl (C=O) groups excluding carboxylic acids is 1. The third-order valence-electron chi connectivity index (χ3n) is 4.19. The molecule has 0 heterocycles. The summed E-state index contributed by atoms with van der Waals surface area (Å²) < 4.78 is 17.0. The first kappa shape index (κ1) is 18.4. The fourth-order valence-electron chi connectivity index (χ4n) is 3.00. The van der Waals surface area contributed by atoms with E-state index in [4.69, 9.17) is 4.74 Å². The van der Waals surface area contributed by atoms with Crippen LogP contribution in [0.4, 0.5) is 0 Å². The van der Waals surface area contributed by atoms with Crippen LogP contribution in [0.2, 0.25) is 0 Å². The zero-order chi connectivity index (χ0) is 17.7. The molecule has 1 unspecified atom stereocenters. The van der Waals surface area contributed by atoms with Gasteiger partial charge in [0.25, 0.3) is 0 Å². The second-order valence-electron chi connectivity index (χ2n) is 6.11. The lowest BCUT2D eigenvalue weighted by atomic mass is 9.89. The molecule has 24 heavy (non-hydrogen) atoms. The van der Waals surface area contributed by atoms with E-state index in [0.717, 1.165) is 22.3 Å². The van der Waals surface area contributed by atoms with Crippen LogP contribution in [0.3, 0.4) is 0 Å². The molecule has 0 saturated carbocycles. The Kier molecular flexibility index (Phi) is 6.28. The molecule has 0 amide bonds. The van der Waals surface area contributed by atoms with Gasteiger partial charge in [0.15, 0.2) is 14.2 Å². The Morgan fingerprint density at radius 1 is 1.12 bits per heavy atom. The van der Waals surface area contributed by atoms with Crippen LogP contribution >= 0.6 is 8.46 Å². The molecule has 0 radical (unpaired) electrons. The third-order valence-corrected chi connectivity index (χ3v) is 4.76. The zero-order valence-electron chi connectivity index (χ0n) is 14.6. The summed E-state index contributed by atoms with van der Waals surface area (Å²) in [6.07, 6.45) is 0.697. The van der Waals surface area contributed by atoms with E-state index in [0.29, 0.717) is 17.5 Å². The van der Waals surface area contributed by atoms with Crippen LogP contribution < -0.4 is 10.0 Å². The Labute approximate surface area is 145 Å². The number of benzene rings is 2. The molecule has 0 aromatic heterocycles. The molecule has 126 valence electrons. The first-order chi connectivity index (χ1) is 11.5. The van der Waals surface area contributed by atoms with Crippen molar-refractivity contribution in [3.8, 4) is 5.75 Å². The maximum absolute atomic E-state index is 13.0. The van der Waals surface area contributed by atoms with Gasteiger partial charge in [-0.2, -0.15) is 0 Å². The van der Waals surface area contributed by atoms with E-state index in [-0.39, 0.29) is 26.8 Å². The van der Waals surface area contributed by atoms with Crippen molar-refractivity contribution < 1.29 is 14.1 Å². The smallest absolute Gasteiger partial charge is 0.196 e. The van der Waals surface area contributed by atoms with Gasteiger partial charge in [0.2, 0.25) is 0 Å². The molecule has 0 aliphatic heterocycles. The predicted octanol–water partition coefficient (Wildman–Crippen LogP) is 4.82. The fourth-order valence-corrected chi connectivity index (χ4v) is 3.37. The highest BCUT2D eigenvalue weighted by Crippen LogP contribution is 2.23. The van der Waals surface area contributed by atoms with Crippen molar-refractivity contribution in [3.05, 3.63) is 58.7 Å². The molecule has 0 N–H and O–H groups in total. The van der Waals surface area contributed by atoms with E-state index >= 15 is 0 Å². The monoisotopic (exact) mass is 342 g/mol. The first-order valence-corrected chi connectivity index (χ1v) is 8.96. The van der Waals surface area contributed by atoms with Crippen molar-refractivity contribution in [3.63, 3.8) is 0 Å². The van der Waals surface area contributed by atoms with E-state index in [9.17, 15) is 9.36 Å². The molecule has 3 nitrogen and oxygen atoms in total. The second kappa shape index (κ2) is 8.21. The van der Waals surface area contributed by atoms with E-state index in [1.54, 1.807) is 12.1 Å². The standard InChI is InChI=1S/C20H23O3P/c1-5-16(12-23-17-8-6-7-9-18(17)24-22)20(21)19-14(3)10-13(2)11-15(19)4/h6-11,16H,5,12H2,1-4H3. The molecule has 0 aliphatic carbocycles. The van der Waals surface area contributed by atoms with Crippen molar-refractivity contribution in [2.45, 2.75) is 34.1 Å². The van der Waals surface area contributed by atoms with Gasteiger partial charge in [-0.15, -0.1) is 0 Å². The maximum Gasteiger partial charge on any atom is 0.196 e. The number of rotatable bonds is 7. The van der Waals surface area contributed by atoms with Gasteiger partial charge in [0.05, 0.1) is 17.8 Å². The van der Waals surface area contributed by atoms with Gasteiger partial charge in [0, 0.05) is 5.56 Å². The van der Waals surface area contributed by atoms with Crippen molar-refractivity contribution in [2.75, 3.05) is 6.61 Å². The van der Waals surface area contributed by atoms with Crippen molar-refractivity contribution in [1.82, 2.24) is 0 Å². The third kappa shape index (κ3) is 4.10. The lowest BCUT2D eigenvalue weighted by molar-refractivity contribution is 0.0869. The number of ether oxygens (including phenoxy) is 1. The molecule has 0 fully saturated rings. The molecule has 1 atom stereocenters. The average Bonchev–Trinajstić information content (AvgIpc) is 2.54. The molecular formula is C20H23O3P. The molecule has 0 saturated heterocycles. The number of aryl methyl sites for hydroxylation is 3. The highest BCUT2D eigenvalue weighted by Gasteiger charge is 2.23. The minimum atomic E-state index is -0.221. The number of hydrogen-bond donors (Lipinski definition) is 0. The minimum absolute atomic E-state index is 0.0795. The van der Waals surface area contributed by atoms with Gasteiger partial charge in [0.1, 0.15) is 5.75 Å². The lowest BCUT2D eigenvalue weighted by Gasteiger charge is -2.18. The fraction of sp³-hybridized carbons (Fsp3) is 0.350. The summed E-state index contributed by atoms with van der Waals surface area (Å²) in [5, 5.41) is 0.600. The zero-order valence-corrected chi connectivity index (χ0v) is 15.5. The second-order valence-corrected chi connectivity index (χ2v) is 6.78. The van der Waals surface area contributed by atoms with Crippen LogP contribution in [0, 0.1) is 26.7 Å². The van der Waals surface area contributed by atoms with Crippen molar-refractivity contribution >= 4 is 19.5 Å². The number of carbonyl (C=O) groups is 1. The summed E-state index contributed by atoms with van der Waals surface area (Å²) in [5.74, 6) is 0.462. The molecule has 0 bridgehead atoms. The summed E-state index contributed by atoms with van der Waals surface area (Å²) in [6, 6.07) is 11.3. The Balaban J connectivity index is 2.20. The largest absolute Gasteiger partial charge is 0.492 e. The van der Waals surface area contributed by atoms with Crippen molar-refractivity contribution in [1.29, 1.82) is 0 Å². The van der Waals surface area contributed by atoms with Gasteiger partial charge in [-0.05, 0) is 50.5 Å². The Bertz CT molecular complexity index is 729. The highest BCUT2D eigenvalue weighted by atomic mass is 31.1. The van der Waals surface area contributed by atoms with Crippen molar-refractivity contribution in [2.24, 2.45) is 5.92 Å². The summed E-state index contributed by atoms with van der Waals surface area (Å²) in [5.41, 5.74) is 3.98. The maximum atomic E-state index is 13.0. The summed E-state index contributed by atoms with van der Waals surface area (Å²) >= 11 is 0. The average molecular weight is 342 g/mol. The van der Waals surface area contributed by atoms with Gasteiger partial charge < -0.3 is 4.74 Å². The van der Waals surface area contributed by atoms with Gasteiger partial charge in [-0.25, -0.2) is 0 Å². The summed E-state index contributed by atoms with van der Waals surface area (Å²) in [6.45, 7) is 8.27. The quantitative estimate of drug-likeness (QED) is 0.535.